The summed E-state index contributed by atoms with van der Waals surface area (Å²) in [5, 5.41) is 0.655. The molecule has 3 heterocycles. The zero-order valence-electron chi connectivity index (χ0n) is 20.7. The highest BCUT2D eigenvalue weighted by molar-refractivity contribution is 7.15. The third-order valence-corrected chi connectivity index (χ3v) is 7.81. The summed E-state index contributed by atoms with van der Waals surface area (Å²) in [6.07, 6.45) is -2.98. The fourth-order valence-electron chi connectivity index (χ4n) is 4.83. The molecule has 194 valence electrons. The van der Waals surface area contributed by atoms with Gasteiger partial charge < -0.3 is 19.4 Å². The highest BCUT2D eigenvalue weighted by Crippen LogP contribution is 2.42. The summed E-state index contributed by atoms with van der Waals surface area (Å²) in [4.78, 5) is 28.8. The Balaban J connectivity index is 1.52. The van der Waals surface area contributed by atoms with Gasteiger partial charge in [0, 0.05) is 18.7 Å². The van der Waals surface area contributed by atoms with Gasteiger partial charge in [0.2, 0.25) is 0 Å². The third-order valence-electron chi connectivity index (χ3n) is 6.79. The zero-order chi connectivity index (χ0) is 26.5. The molecule has 1 aliphatic heterocycles. The van der Waals surface area contributed by atoms with Crippen molar-refractivity contribution in [3.05, 3.63) is 58.5 Å². The average molecular weight is 531 g/mol. The number of carbonyl (C=O) groups is 1. The van der Waals surface area contributed by atoms with E-state index in [1.165, 1.54) is 23.5 Å². The number of thiazole rings is 1. The molecule has 1 fully saturated rings. The Labute approximate surface area is 215 Å². The highest BCUT2D eigenvalue weighted by atomic mass is 32.1. The number of alkyl halides is 3. The number of hydrogen-bond donors (Lipinski definition) is 1. The van der Waals surface area contributed by atoms with E-state index < -0.39 is 17.3 Å². The first kappa shape index (κ1) is 25.1. The van der Waals surface area contributed by atoms with Crippen molar-refractivity contribution in [1.82, 2.24) is 19.9 Å². The van der Waals surface area contributed by atoms with Gasteiger partial charge in [-0.05, 0) is 44.4 Å². The molecule has 1 saturated heterocycles. The summed E-state index contributed by atoms with van der Waals surface area (Å²) < 4.78 is 49.9. The lowest BCUT2D eigenvalue weighted by Crippen LogP contribution is -2.44. The molecule has 7 nitrogen and oxygen atoms in total. The molecule has 4 aromatic rings. The second-order valence-electron chi connectivity index (χ2n) is 9.13. The van der Waals surface area contributed by atoms with Crippen LogP contribution >= 0.6 is 11.3 Å². The van der Waals surface area contributed by atoms with Crippen LogP contribution in [-0.2, 0) is 11.7 Å². The van der Waals surface area contributed by atoms with Crippen LogP contribution in [0.1, 0.15) is 46.6 Å². The number of aromatic nitrogens is 3. The fraction of sp³-hybridized carbons (Fsp3) is 0.346. The predicted molar refractivity (Wildman–Crippen MR) is 134 cm³/mol. The molecule has 1 N–H and O–H groups in total. The molecule has 2 aromatic carbocycles. The standard InChI is InChI=1S/C26H25F3N4O3S/c1-14-30-21(22(37-14)15-6-8-16(9-7-15)26(27,28)29)23(34)33-11-5-10-25(33,2)24-31-17-12-19(35-3)20(36-4)13-18(17)32-24/h6-9,12-13H,5,10-11H2,1-4H3,(H,31,32)/t25-/m0/s1. The maximum absolute atomic E-state index is 13.9. The SMILES string of the molecule is COc1cc2nc([C@]3(C)CCCN3C(=O)c3nc(C)sc3-c3ccc(C(F)(F)F)cc3)[nH]c2cc1OC. The van der Waals surface area contributed by atoms with Crippen molar-refractivity contribution >= 4 is 28.3 Å². The van der Waals surface area contributed by atoms with Gasteiger partial charge in [-0.3, -0.25) is 4.79 Å². The van der Waals surface area contributed by atoms with Crippen LogP contribution in [0.25, 0.3) is 21.5 Å². The van der Waals surface area contributed by atoms with E-state index in [0.29, 0.717) is 51.3 Å². The first-order chi connectivity index (χ1) is 17.5. The van der Waals surface area contributed by atoms with Gasteiger partial charge in [0.25, 0.3) is 5.91 Å². The maximum Gasteiger partial charge on any atom is 0.416 e. The van der Waals surface area contributed by atoms with E-state index in [1.807, 2.05) is 13.0 Å². The number of ether oxygens (including phenoxy) is 2. The van der Waals surface area contributed by atoms with Crippen LogP contribution in [0.3, 0.4) is 0 Å². The number of nitrogens with zero attached hydrogens (tertiary/aromatic N) is 3. The topological polar surface area (TPSA) is 80.3 Å². The van der Waals surface area contributed by atoms with Crippen molar-refractivity contribution in [3.63, 3.8) is 0 Å². The molecule has 0 aliphatic carbocycles. The van der Waals surface area contributed by atoms with Gasteiger partial charge in [-0.15, -0.1) is 11.3 Å². The first-order valence-corrected chi connectivity index (χ1v) is 12.5. The van der Waals surface area contributed by atoms with Gasteiger partial charge in [-0.25, -0.2) is 9.97 Å². The van der Waals surface area contributed by atoms with Crippen LogP contribution in [0.15, 0.2) is 36.4 Å². The lowest BCUT2D eigenvalue weighted by Gasteiger charge is -2.33. The van der Waals surface area contributed by atoms with Crippen molar-refractivity contribution < 1.29 is 27.4 Å². The van der Waals surface area contributed by atoms with Gasteiger partial charge in [-0.2, -0.15) is 13.2 Å². The molecule has 0 saturated carbocycles. The number of likely N-dealkylation sites (tertiary alicyclic amines) is 1. The van der Waals surface area contributed by atoms with Crippen LogP contribution in [-0.4, -0.2) is 46.5 Å². The number of hydrogen-bond acceptors (Lipinski definition) is 6. The number of benzene rings is 2. The molecule has 1 atom stereocenters. The monoisotopic (exact) mass is 530 g/mol. The first-order valence-electron chi connectivity index (χ1n) is 11.6. The van der Waals surface area contributed by atoms with Crippen molar-refractivity contribution in [1.29, 1.82) is 0 Å². The normalized spacial score (nSPS) is 18.0. The largest absolute Gasteiger partial charge is 0.493 e. The minimum Gasteiger partial charge on any atom is -0.493 e. The third kappa shape index (κ3) is 4.30. The van der Waals surface area contributed by atoms with Crippen molar-refractivity contribution in [2.75, 3.05) is 20.8 Å². The van der Waals surface area contributed by atoms with Crippen molar-refractivity contribution in [2.45, 2.75) is 38.4 Å². The summed E-state index contributed by atoms with van der Waals surface area (Å²) in [6, 6.07) is 8.41. The van der Waals surface area contributed by atoms with Crippen LogP contribution < -0.4 is 9.47 Å². The maximum atomic E-state index is 13.9. The number of H-pyrrole nitrogens is 1. The number of fused-ring (bicyclic) bond motifs is 1. The quantitative estimate of drug-likeness (QED) is 0.333. The van der Waals surface area contributed by atoms with E-state index in [9.17, 15) is 18.0 Å². The number of rotatable bonds is 5. The second kappa shape index (κ2) is 9.05. The van der Waals surface area contributed by atoms with Crippen LogP contribution in [0.4, 0.5) is 13.2 Å². The summed E-state index contributed by atoms with van der Waals surface area (Å²) in [5.74, 6) is 1.46. The van der Waals surface area contributed by atoms with E-state index in [-0.39, 0.29) is 11.6 Å². The molecule has 1 amide bonds. The van der Waals surface area contributed by atoms with Crippen molar-refractivity contribution in [3.8, 4) is 21.9 Å². The second-order valence-corrected chi connectivity index (χ2v) is 10.3. The van der Waals surface area contributed by atoms with Gasteiger partial charge in [0.15, 0.2) is 11.5 Å². The van der Waals surface area contributed by atoms with Gasteiger partial charge >= 0.3 is 6.18 Å². The van der Waals surface area contributed by atoms with Crippen LogP contribution in [0.5, 0.6) is 11.5 Å². The Hall–Kier alpha value is -3.60. The number of amides is 1. The van der Waals surface area contributed by atoms with Crippen molar-refractivity contribution in [2.24, 2.45) is 0 Å². The smallest absolute Gasteiger partial charge is 0.416 e. The molecule has 1 aliphatic rings. The van der Waals surface area contributed by atoms with E-state index in [1.54, 1.807) is 32.1 Å². The van der Waals surface area contributed by atoms with E-state index in [2.05, 4.69) is 9.97 Å². The number of aryl methyl sites for hydroxylation is 1. The number of imidazole rings is 1. The van der Waals surface area contributed by atoms with Gasteiger partial charge in [0.1, 0.15) is 11.5 Å². The summed E-state index contributed by atoms with van der Waals surface area (Å²) >= 11 is 1.28. The Bertz CT molecular complexity index is 1440. The predicted octanol–water partition coefficient (Wildman–Crippen LogP) is 6.18. The number of methoxy groups -OCH3 is 2. The molecular weight excluding hydrogens is 505 g/mol. The molecule has 0 spiro atoms. The van der Waals surface area contributed by atoms with Gasteiger partial charge in [0.05, 0.1) is 46.2 Å². The number of carbonyl (C=O) groups excluding carboxylic acids is 1. The highest BCUT2D eigenvalue weighted by Gasteiger charge is 2.45. The molecule has 0 radical (unpaired) electrons. The average Bonchev–Trinajstić information content (AvgIpc) is 3.58. The van der Waals surface area contributed by atoms with Crippen LogP contribution in [0.2, 0.25) is 0 Å². The summed E-state index contributed by atoms with van der Waals surface area (Å²) in [7, 11) is 3.11. The summed E-state index contributed by atoms with van der Waals surface area (Å²) in [5.41, 5.74) is 0.716. The lowest BCUT2D eigenvalue weighted by atomic mass is 9.97. The number of nitrogens with one attached hydrogen (secondary N) is 1. The Morgan fingerprint density at radius 2 is 1.78 bits per heavy atom. The molecule has 11 heteroatoms. The molecular formula is C26H25F3N4O3S. The molecule has 2 aromatic heterocycles. The number of aromatic amines is 1. The van der Waals surface area contributed by atoms with Crippen LogP contribution in [0, 0.1) is 6.92 Å². The number of halogens is 3. The molecule has 0 bridgehead atoms. The zero-order valence-corrected chi connectivity index (χ0v) is 21.5. The minimum absolute atomic E-state index is 0.231. The Morgan fingerprint density at radius 3 is 2.43 bits per heavy atom. The van der Waals surface area contributed by atoms with E-state index in [4.69, 9.17) is 14.5 Å². The summed E-state index contributed by atoms with van der Waals surface area (Å²) in [6.45, 7) is 4.24. The Morgan fingerprint density at radius 1 is 1.11 bits per heavy atom. The lowest BCUT2D eigenvalue weighted by molar-refractivity contribution is -0.137. The van der Waals surface area contributed by atoms with E-state index >= 15 is 0 Å². The van der Waals surface area contributed by atoms with Gasteiger partial charge in [-0.1, -0.05) is 12.1 Å². The molecule has 0 unspecified atom stereocenters. The molecule has 37 heavy (non-hydrogen) atoms. The van der Waals surface area contributed by atoms with E-state index in [0.717, 1.165) is 24.1 Å². The molecule has 5 rings (SSSR count). The minimum atomic E-state index is -4.43. The fourth-order valence-corrected chi connectivity index (χ4v) is 5.75. The Kier molecular flexibility index (Phi) is 6.13.